The molecule has 1 aliphatic heterocycles. The molecule has 170 valence electrons. The number of fused-ring (bicyclic) bond motifs is 1. The number of nitrogens with one attached hydrogen (secondary N) is 2. The van der Waals surface area contributed by atoms with Crippen molar-refractivity contribution in [1.29, 1.82) is 0 Å². The van der Waals surface area contributed by atoms with E-state index in [0.29, 0.717) is 43.5 Å². The number of carbonyl (C=O) groups excluding carboxylic acids is 1. The molecule has 2 aromatic heterocycles. The van der Waals surface area contributed by atoms with Gasteiger partial charge in [-0.3, -0.25) is 14.6 Å². The first kappa shape index (κ1) is 22.5. The van der Waals surface area contributed by atoms with Crippen LogP contribution in [0.25, 0.3) is 21.3 Å². The molecular weight excluding hydrogens is 424 g/mol. The van der Waals surface area contributed by atoms with E-state index >= 15 is 0 Å². The quantitative estimate of drug-likeness (QED) is 0.507. The Kier molecular flexibility index (Phi) is 7.22. The first-order chi connectivity index (χ1) is 15.6. The zero-order chi connectivity index (χ0) is 22.5. The number of nitrogens with zero attached hydrogens (tertiary/aromatic N) is 2. The van der Waals surface area contributed by atoms with Gasteiger partial charge >= 0.3 is 0 Å². The zero-order valence-electron chi connectivity index (χ0n) is 18.6. The summed E-state index contributed by atoms with van der Waals surface area (Å²) in [6, 6.07) is 8.25. The van der Waals surface area contributed by atoms with Gasteiger partial charge in [0.15, 0.2) is 0 Å². The number of aryl methyl sites for hydroxylation is 1. The first-order valence-corrected chi connectivity index (χ1v) is 12.1. The second-order valence-corrected chi connectivity index (χ2v) is 9.07. The molecule has 2 N–H and O–H groups in total. The van der Waals surface area contributed by atoms with Crippen molar-refractivity contribution >= 4 is 33.4 Å². The topological polar surface area (TPSA) is 87.3 Å². The lowest BCUT2D eigenvalue weighted by Gasteiger charge is -2.31. The molecule has 0 aliphatic carbocycles. The van der Waals surface area contributed by atoms with E-state index in [1.165, 1.54) is 16.9 Å². The Morgan fingerprint density at radius 2 is 2.16 bits per heavy atom. The number of aromatic amines is 1. The molecule has 0 bridgehead atoms. The largest absolute Gasteiger partial charge is 0.382 e. The number of anilines is 1. The van der Waals surface area contributed by atoms with Gasteiger partial charge in [-0.2, -0.15) is 0 Å². The number of ether oxygens (including phenoxy) is 1. The summed E-state index contributed by atoms with van der Waals surface area (Å²) in [6.45, 7) is 7.42. The van der Waals surface area contributed by atoms with Gasteiger partial charge in [-0.15, -0.1) is 11.3 Å². The number of amides is 1. The van der Waals surface area contributed by atoms with Crippen molar-refractivity contribution in [1.82, 2.24) is 15.3 Å². The normalized spacial score (nSPS) is 14.8. The van der Waals surface area contributed by atoms with Crippen LogP contribution in [0.5, 0.6) is 0 Å². The Hall–Kier alpha value is -2.71. The Balaban J connectivity index is 1.44. The highest BCUT2D eigenvalue weighted by molar-refractivity contribution is 7.17. The summed E-state index contributed by atoms with van der Waals surface area (Å²) in [4.78, 5) is 35.1. The highest BCUT2D eigenvalue weighted by atomic mass is 32.1. The van der Waals surface area contributed by atoms with Crippen molar-refractivity contribution in [3.63, 3.8) is 0 Å². The molecule has 1 aromatic carbocycles. The lowest BCUT2D eigenvalue weighted by molar-refractivity contribution is -0.125. The molecule has 0 atom stereocenters. The number of H-pyrrole nitrogens is 1. The molecule has 7 nitrogen and oxygen atoms in total. The SMILES string of the molecule is CCOCCCNC(=O)C1CCN(c2nc3c(-c4cccc(C)c4)csc3c(=O)[nH]2)CC1. The van der Waals surface area contributed by atoms with Crippen LogP contribution < -0.4 is 15.8 Å². The van der Waals surface area contributed by atoms with Gasteiger partial charge in [0.25, 0.3) is 5.56 Å². The fourth-order valence-electron chi connectivity index (χ4n) is 4.11. The predicted octanol–water partition coefficient (Wildman–Crippen LogP) is 3.72. The van der Waals surface area contributed by atoms with Gasteiger partial charge in [-0.05, 0) is 38.7 Å². The number of hydrogen-bond donors (Lipinski definition) is 2. The van der Waals surface area contributed by atoms with Crippen LogP contribution in [0.3, 0.4) is 0 Å². The van der Waals surface area contributed by atoms with Crippen molar-refractivity contribution in [2.45, 2.75) is 33.1 Å². The van der Waals surface area contributed by atoms with Gasteiger partial charge in [-0.1, -0.05) is 29.8 Å². The molecule has 1 fully saturated rings. The predicted molar refractivity (Wildman–Crippen MR) is 129 cm³/mol. The van der Waals surface area contributed by atoms with Gasteiger partial charge in [0.1, 0.15) is 4.70 Å². The van der Waals surface area contributed by atoms with Gasteiger partial charge < -0.3 is 15.0 Å². The van der Waals surface area contributed by atoms with Gasteiger partial charge in [0, 0.05) is 49.7 Å². The molecule has 0 radical (unpaired) electrons. The van der Waals surface area contributed by atoms with E-state index in [1.807, 2.05) is 18.4 Å². The number of piperidine rings is 1. The van der Waals surface area contributed by atoms with Crippen LogP contribution in [0.15, 0.2) is 34.4 Å². The van der Waals surface area contributed by atoms with Crippen LogP contribution in [0.1, 0.15) is 31.7 Å². The molecule has 1 amide bonds. The second-order valence-electron chi connectivity index (χ2n) is 8.19. The fraction of sp³-hybridized carbons (Fsp3) is 0.458. The van der Waals surface area contributed by atoms with E-state index in [0.717, 1.165) is 35.9 Å². The average molecular weight is 455 g/mol. The van der Waals surface area contributed by atoms with E-state index in [-0.39, 0.29) is 17.4 Å². The van der Waals surface area contributed by atoms with Crippen LogP contribution in [0.2, 0.25) is 0 Å². The Morgan fingerprint density at radius 1 is 1.34 bits per heavy atom. The minimum Gasteiger partial charge on any atom is -0.382 e. The summed E-state index contributed by atoms with van der Waals surface area (Å²) in [5.41, 5.74) is 3.86. The number of carbonyl (C=O) groups is 1. The molecule has 1 aliphatic rings. The Labute approximate surface area is 191 Å². The summed E-state index contributed by atoms with van der Waals surface area (Å²) in [7, 11) is 0. The molecule has 8 heteroatoms. The molecule has 1 saturated heterocycles. The first-order valence-electron chi connectivity index (χ1n) is 11.3. The number of hydrogen-bond acceptors (Lipinski definition) is 6. The lowest BCUT2D eigenvalue weighted by atomic mass is 9.96. The van der Waals surface area contributed by atoms with E-state index in [1.54, 1.807) is 0 Å². The Bertz CT molecular complexity index is 1130. The highest BCUT2D eigenvalue weighted by Crippen LogP contribution is 2.32. The van der Waals surface area contributed by atoms with Crippen molar-refractivity contribution in [3.8, 4) is 11.1 Å². The summed E-state index contributed by atoms with van der Waals surface area (Å²) < 4.78 is 5.95. The summed E-state index contributed by atoms with van der Waals surface area (Å²) in [6.07, 6.45) is 2.31. The molecule has 0 spiro atoms. The summed E-state index contributed by atoms with van der Waals surface area (Å²) in [5.74, 6) is 0.695. The zero-order valence-corrected chi connectivity index (χ0v) is 19.5. The van der Waals surface area contributed by atoms with Gasteiger partial charge in [0.2, 0.25) is 11.9 Å². The van der Waals surface area contributed by atoms with Gasteiger partial charge in [0.05, 0.1) is 5.52 Å². The van der Waals surface area contributed by atoms with Crippen LogP contribution in [-0.2, 0) is 9.53 Å². The van der Waals surface area contributed by atoms with E-state index in [2.05, 4.69) is 40.3 Å². The van der Waals surface area contributed by atoms with Crippen LogP contribution >= 0.6 is 11.3 Å². The van der Waals surface area contributed by atoms with Crippen molar-refractivity contribution in [3.05, 3.63) is 45.6 Å². The standard InChI is InChI=1S/C24H30N4O3S/c1-3-31-13-5-10-25-22(29)17-8-11-28(12-9-17)24-26-20-19(15-32-21(20)23(30)27-24)18-7-4-6-16(2)14-18/h4,6-7,14-15,17H,3,5,8-13H2,1-2H3,(H,25,29)(H,26,27,30). The maximum atomic E-state index is 12.7. The van der Waals surface area contributed by atoms with Crippen molar-refractivity contribution in [2.75, 3.05) is 37.7 Å². The molecule has 3 aromatic rings. The van der Waals surface area contributed by atoms with Crippen LogP contribution in [0.4, 0.5) is 5.95 Å². The highest BCUT2D eigenvalue weighted by Gasteiger charge is 2.26. The third kappa shape index (κ3) is 5.02. The molecule has 0 saturated carbocycles. The molecular formula is C24H30N4O3S. The van der Waals surface area contributed by atoms with E-state index in [9.17, 15) is 9.59 Å². The van der Waals surface area contributed by atoms with Crippen LogP contribution in [0, 0.1) is 12.8 Å². The van der Waals surface area contributed by atoms with Crippen molar-refractivity contribution in [2.24, 2.45) is 5.92 Å². The maximum absolute atomic E-state index is 12.7. The maximum Gasteiger partial charge on any atom is 0.270 e. The molecule has 4 rings (SSSR count). The fourth-order valence-corrected chi connectivity index (χ4v) is 5.02. The monoisotopic (exact) mass is 454 g/mol. The minimum atomic E-state index is -0.108. The number of thiophene rings is 1. The van der Waals surface area contributed by atoms with E-state index in [4.69, 9.17) is 9.72 Å². The number of rotatable bonds is 8. The lowest BCUT2D eigenvalue weighted by Crippen LogP contribution is -2.41. The summed E-state index contributed by atoms with van der Waals surface area (Å²) >= 11 is 1.43. The number of benzene rings is 1. The molecule has 0 unspecified atom stereocenters. The number of aromatic nitrogens is 2. The third-order valence-electron chi connectivity index (χ3n) is 5.88. The summed E-state index contributed by atoms with van der Waals surface area (Å²) in [5, 5.41) is 5.02. The second kappa shape index (κ2) is 10.3. The van der Waals surface area contributed by atoms with Crippen molar-refractivity contribution < 1.29 is 9.53 Å². The molecule has 32 heavy (non-hydrogen) atoms. The van der Waals surface area contributed by atoms with E-state index < -0.39 is 0 Å². The molecule has 3 heterocycles. The minimum absolute atomic E-state index is 0.00204. The average Bonchev–Trinajstić information content (AvgIpc) is 3.23. The van der Waals surface area contributed by atoms with Crippen LogP contribution in [-0.4, -0.2) is 48.7 Å². The van der Waals surface area contributed by atoms with Gasteiger partial charge in [-0.25, -0.2) is 4.98 Å². The third-order valence-corrected chi connectivity index (χ3v) is 6.85. The Morgan fingerprint density at radius 3 is 2.91 bits per heavy atom. The smallest absolute Gasteiger partial charge is 0.270 e.